The highest BCUT2D eigenvalue weighted by Crippen LogP contribution is 2.18. The number of aromatic nitrogens is 2. The van der Waals surface area contributed by atoms with Gasteiger partial charge < -0.3 is 10.6 Å². The lowest BCUT2D eigenvalue weighted by atomic mass is 9.90. The second-order valence-corrected chi connectivity index (χ2v) is 6.87. The molecule has 5 heteroatoms. The van der Waals surface area contributed by atoms with Crippen LogP contribution in [0.3, 0.4) is 0 Å². The second-order valence-electron chi connectivity index (χ2n) is 6.87. The van der Waals surface area contributed by atoms with Crippen LogP contribution in [0.5, 0.6) is 0 Å². The first-order chi connectivity index (χ1) is 12.2. The average molecular weight is 338 g/mol. The Morgan fingerprint density at radius 1 is 1.32 bits per heavy atom. The van der Waals surface area contributed by atoms with E-state index in [1.165, 1.54) is 18.4 Å². The fourth-order valence-corrected chi connectivity index (χ4v) is 3.37. The normalized spacial score (nSPS) is 16.4. The molecule has 0 spiro atoms. The zero-order valence-corrected chi connectivity index (χ0v) is 14.7. The van der Waals surface area contributed by atoms with E-state index >= 15 is 0 Å². The Labute approximate surface area is 149 Å². The molecule has 3 rings (SSSR count). The van der Waals surface area contributed by atoms with Gasteiger partial charge in [0.15, 0.2) is 0 Å². The van der Waals surface area contributed by atoms with E-state index < -0.39 is 0 Å². The van der Waals surface area contributed by atoms with Crippen LogP contribution >= 0.6 is 0 Å². The highest BCUT2D eigenvalue weighted by Gasteiger charge is 2.15. The van der Waals surface area contributed by atoms with Crippen LogP contribution in [0.4, 0.5) is 0 Å². The number of nitrogens with zero attached hydrogens (tertiary/aromatic N) is 2. The van der Waals surface area contributed by atoms with Gasteiger partial charge in [-0.1, -0.05) is 12.1 Å². The maximum absolute atomic E-state index is 12.5. The molecular weight excluding hydrogens is 312 g/mol. The number of nitrogens with one attached hydrogen (secondary N) is 2. The summed E-state index contributed by atoms with van der Waals surface area (Å²) in [4.78, 5) is 20.9. The zero-order chi connectivity index (χ0) is 17.5. The Kier molecular flexibility index (Phi) is 6.12. The van der Waals surface area contributed by atoms with Gasteiger partial charge in [0.1, 0.15) is 0 Å². The van der Waals surface area contributed by atoms with Gasteiger partial charge >= 0.3 is 0 Å². The van der Waals surface area contributed by atoms with Crippen LogP contribution in [0.2, 0.25) is 0 Å². The van der Waals surface area contributed by atoms with Crippen molar-refractivity contribution in [2.24, 2.45) is 5.92 Å². The van der Waals surface area contributed by atoms with Crippen LogP contribution in [0.15, 0.2) is 42.9 Å². The van der Waals surface area contributed by atoms with E-state index in [-0.39, 0.29) is 11.9 Å². The van der Waals surface area contributed by atoms with Crippen LogP contribution in [-0.2, 0) is 12.8 Å². The molecule has 1 atom stereocenters. The summed E-state index contributed by atoms with van der Waals surface area (Å²) in [5, 5.41) is 6.46. The monoisotopic (exact) mass is 338 g/mol. The van der Waals surface area contributed by atoms with Gasteiger partial charge in [-0.25, -0.2) is 0 Å². The summed E-state index contributed by atoms with van der Waals surface area (Å²) in [6.45, 7) is 4.20. The summed E-state index contributed by atoms with van der Waals surface area (Å²) in [7, 11) is 0. The number of piperidine rings is 1. The lowest BCUT2D eigenvalue weighted by molar-refractivity contribution is 0.0940. The van der Waals surface area contributed by atoms with E-state index in [0.717, 1.165) is 36.7 Å². The summed E-state index contributed by atoms with van der Waals surface area (Å²) >= 11 is 0. The van der Waals surface area contributed by atoms with Gasteiger partial charge in [0.2, 0.25) is 0 Å². The van der Waals surface area contributed by atoms with E-state index in [4.69, 9.17) is 0 Å². The molecule has 2 heterocycles. The molecule has 1 fully saturated rings. The topological polar surface area (TPSA) is 66.9 Å². The van der Waals surface area contributed by atoms with Crippen LogP contribution in [-0.4, -0.2) is 35.0 Å². The van der Waals surface area contributed by atoms with Gasteiger partial charge in [-0.2, -0.15) is 0 Å². The predicted molar refractivity (Wildman–Crippen MR) is 98.4 cm³/mol. The highest BCUT2D eigenvalue weighted by molar-refractivity contribution is 5.94. The maximum atomic E-state index is 12.5. The molecule has 1 aromatic heterocycles. The lowest BCUT2D eigenvalue weighted by Gasteiger charge is -2.22. The first-order valence-corrected chi connectivity index (χ1v) is 9.06. The van der Waals surface area contributed by atoms with Crippen molar-refractivity contribution in [3.8, 4) is 0 Å². The van der Waals surface area contributed by atoms with Gasteiger partial charge in [0, 0.05) is 36.6 Å². The summed E-state index contributed by atoms with van der Waals surface area (Å²) in [5.41, 5.74) is 2.87. The molecule has 0 saturated carbocycles. The Bertz CT molecular complexity index is 683. The third-order valence-corrected chi connectivity index (χ3v) is 4.68. The Balaban J connectivity index is 1.57. The summed E-state index contributed by atoms with van der Waals surface area (Å²) < 4.78 is 0. The van der Waals surface area contributed by atoms with Gasteiger partial charge in [-0.05, 0) is 62.9 Å². The fraction of sp³-hybridized carbons (Fsp3) is 0.450. The Morgan fingerprint density at radius 2 is 2.16 bits per heavy atom. The number of carbonyl (C=O) groups excluding carboxylic acids is 1. The minimum Gasteiger partial charge on any atom is -0.349 e. The quantitative estimate of drug-likeness (QED) is 0.849. The minimum absolute atomic E-state index is 0.0114. The molecule has 2 N–H and O–H groups in total. The SMILES string of the molecule is CC(Cc1cnccn1)NC(=O)c1cccc(CC2CCNCC2)c1. The van der Waals surface area contributed by atoms with Gasteiger partial charge in [0.05, 0.1) is 5.69 Å². The molecule has 1 amide bonds. The smallest absolute Gasteiger partial charge is 0.251 e. The molecule has 1 aliphatic heterocycles. The van der Waals surface area contributed by atoms with Gasteiger partial charge in [-0.3, -0.25) is 14.8 Å². The van der Waals surface area contributed by atoms with Gasteiger partial charge in [0.25, 0.3) is 5.91 Å². The predicted octanol–water partition coefficient (Wildman–Crippen LogP) is 2.38. The molecule has 0 bridgehead atoms. The van der Waals surface area contributed by atoms with Gasteiger partial charge in [-0.15, -0.1) is 0 Å². The number of carbonyl (C=O) groups is 1. The number of benzene rings is 1. The number of amides is 1. The van der Waals surface area contributed by atoms with Crippen LogP contribution in [0.25, 0.3) is 0 Å². The second kappa shape index (κ2) is 8.72. The lowest BCUT2D eigenvalue weighted by Crippen LogP contribution is -2.34. The van der Waals surface area contributed by atoms with Crippen molar-refractivity contribution in [1.82, 2.24) is 20.6 Å². The first kappa shape index (κ1) is 17.5. The van der Waals surface area contributed by atoms with E-state index in [2.05, 4.69) is 26.7 Å². The molecule has 5 nitrogen and oxygen atoms in total. The Hall–Kier alpha value is -2.27. The minimum atomic E-state index is -0.0245. The van der Waals surface area contributed by atoms with Crippen LogP contribution < -0.4 is 10.6 Å². The zero-order valence-electron chi connectivity index (χ0n) is 14.7. The number of hydrogen-bond acceptors (Lipinski definition) is 4. The molecule has 1 saturated heterocycles. The third-order valence-electron chi connectivity index (χ3n) is 4.68. The Morgan fingerprint density at radius 3 is 2.92 bits per heavy atom. The largest absolute Gasteiger partial charge is 0.349 e. The van der Waals surface area contributed by atoms with Crippen molar-refractivity contribution in [2.45, 2.75) is 38.6 Å². The summed E-state index contributed by atoms with van der Waals surface area (Å²) in [6.07, 6.45) is 9.22. The number of rotatable bonds is 6. The first-order valence-electron chi connectivity index (χ1n) is 9.06. The molecule has 2 aromatic rings. The van der Waals surface area contributed by atoms with E-state index in [1.807, 2.05) is 25.1 Å². The molecule has 1 aromatic carbocycles. The average Bonchev–Trinajstić information content (AvgIpc) is 2.63. The molecule has 1 aliphatic rings. The van der Waals surface area contributed by atoms with Crippen molar-refractivity contribution < 1.29 is 4.79 Å². The molecule has 1 unspecified atom stereocenters. The molecule has 25 heavy (non-hydrogen) atoms. The van der Waals surface area contributed by atoms with E-state index in [1.54, 1.807) is 18.6 Å². The standard InChI is InChI=1S/C20H26N4O/c1-15(11-19-14-22-9-10-23-19)24-20(25)18-4-2-3-17(13-18)12-16-5-7-21-8-6-16/h2-4,9-10,13-16,21H,5-8,11-12H2,1H3,(H,24,25). The van der Waals surface area contributed by atoms with Crippen molar-refractivity contribution in [1.29, 1.82) is 0 Å². The van der Waals surface area contributed by atoms with E-state index in [9.17, 15) is 4.79 Å². The van der Waals surface area contributed by atoms with Crippen molar-refractivity contribution in [3.63, 3.8) is 0 Å². The van der Waals surface area contributed by atoms with Crippen LogP contribution in [0.1, 0.15) is 41.4 Å². The molecule has 132 valence electrons. The van der Waals surface area contributed by atoms with Crippen molar-refractivity contribution in [2.75, 3.05) is 13.1 Å². The molecule has 0 radical (unpaired) electrons. The highest BCUT2D eigenvalue weighted by atomic mass is 16.1. The fourth-order valence-electron chi connectivity index (χ4n) is 3.37. The van der Waals surface area contributed by atoms with Crippen molar-refractivity contribution >= 4 is 5.91 Å². The maximum Gasteiger partial charge on any atom is 0.251 e. The van der Waals surface area contributed by atoms with E-state index in [0.29, 0.717) is 6.42 Å². The number of hydrogen-bond donors (Lipinski definition) is 2. The third kappa shape index (κ3) is 5.36. The summed E-state index contributed by atoms with van der Waals surface area (Å²) in [5.74, 6) is 0.693. The summed E-state index contributed by atoms with van der Waals surface area (Å²) in [6, 6.07) is 8.04. The van der Waals surface area contributed by atoms with Crippen molar-refractivity contribution in [3.05, 3.63) is 59.7 Å². The molecular formula is C20H26N4O. The van der Waals surface area contributed by atoms with Crippen LogP contribution in [0, 0.1) is 5.92 Å². The molecule has 0 aliphatic carbocycles.